The van der Waals surface area contributed by atoms with E-state index >= 15 is 0 Å². The van der Waals surface area contributed by atoms with Crippen molar-refractivity contribution < 1.29 is 32.7 Å². The molecule has 7 atom stereocenters. The second-order valence-corrected chi connectivity index (χ2v) is 9.66. The molecule has 0 saturated carbocycles. The Labute approximate surface area is 152 Å². The summed E-state index contributed by atoms with van der Waals surface area (Å²) in [7, 11) is -0.287. The van der Waals surface area contributed by atoms with Gasteiger partial charge < -0.3 is 19.1 Å². The SMILES string of the molecule is B[C@H]1CC(C)[C@@H](COP(=O)(O)OC2C[C@H](B)O[C@@H]2COC(C)(C)C)O1. The van der Waals surface area contributed by atoms with Crippen LogP contribution in [0.3, 0.4) is 0 Å². The summed E-state index contributed by atoms with van der Waals surface area (Å²) in [6, 6.07) is 0.0863. The van der Waals surface area contributed by atoms with E-state index in [2.05, 4.69) is 0 Å². The van der Waals surface area contributed by atoms with Crippen LogP contribution in [0.4, 0.5) is 0 Å². The highest BCUT2D eigenvalue weighted by molar-refractivity contribution is 7.47. The third kappa shape index (κ3) is 6.98. The highest BCUT2D eigenvalue weighted by Crippen LogP contribution is 2.48. The van der Waals surface area contributed by atoms with Gasteiger partial charge in [0.1, 0.15) is 21.8 Å². The molecule has 1 N–H and O–H groups in total. The molecule has 0 aromatic rings. The van der Waals surface area contributed by atoms with Gasteiger partial charge in [-0.3, -0.25) is 9.05 Å². The van der Waals surface area contributed by atoms with Crippen LogP contribution in [-0.2, 0) is 27.8 Å². The van der Waals surface area contributed by atoms with Crippen molar-refractivity contribution in [2.45, 2.75) is 76.5 Å². The fourth-order valence-electron chi connectivity index (χ4n) is 3.25. The molecule has 2 heterocycles. The minimum atomic E-state index is -4.18. The van der Waals surface area contributed by atoms with Crippen LogP contribution >= 0.6 is 7.82 Å². The Morgan fingerprint density at radius 3 is 2.28 bits per heavy atom. The fourth-order valence-corrected chi connectivity index (χ4v) is 4.21. The first-order valence-electron chi connectivity index (χ1n) is 9.06. The number of phosphoric ester groups is 1. The van der Waals surface area contributed by atoms with Gasteiger partial charge in [0.05, 0.1) is 31.0 Å². The van der Waals surface area contributed by atoms with Crippen molar-refractivity contribution in [2.75, 3.05) is 13.2 Å². The minimum absolute atomic E-state index is 0.0472. The van der Waals surface area contributed by atoms with Crippen molar-refractivity contribution >= 4 is 23.5 Å². The van der Waals surface area contributed by atoms with Gasteiger partial charge in [0.25, 0.3) is 0 Å². The number of rotatable bonds is 7. The zero-order valence-corrected chi connectivity index (χ0v) is 17.0. The molecule has 144 valence electrons. The quantitative estimate of drug-likeness (QED) is 0.510. The normalized spacial score (nSPS) is 38.8. The molecule has 3 unspecified atom stereocenters. The summed E-state index contributed by atoms with van der Waals surface area (Å²) in [4.78, 5) is 10.1. The van der Waals surface area contributed by atoms with E-state index in [1.807, 2.05) is 43.4 Å². The predicted molar refractivity (Wildman–Crippen MR) is 99.2 cm³/mol. The van der Waals surface area contributed by atoms with Crippen molar-refractivity contribution in [1.29, 1.82) is 0 Å². The summed E-state index contributed by atoms with van der Waals surface area (Å²) in [5.74, 6) is 0.290. The predicted octanol–water partition coefficient (Wildman–Crippen LogP) is 0.436. The number of ether oxygens (including phenoxy) is 3. The molecule has 25 heavy (non-hydrogen) atoms. The molecule has 0 radical (unpaired) electrons. The number of hydrogen-bond donors (Lipinski definition) is 1. The molecule has 0 aliphatic carbocycles. The Hall–Kier alpha value is 0.120. The molecule has 10 heteroatoms. The summed E-state index contributed by atoms with van der Waals surface area (Å²) < 4.78 is 40.1. The Morgan fingerprint density at radius 2 is 1.72 bits per heavy atom. The Bertz CT molecular complexity index is 487. The van der Waals surface area contributed by atoms with Gasteiger partial charge in [0.2, 0.25) is 0 Å². The molecule has 2 aliphatic rings. The third-order valence-corrected chi connectivity index (χ3v) is 5.50. The van der Waals surface area contributed by atoms with Crippen LogP contribution < -0.4 is 0 Å². The van der Waals surface area contributed by atoms with E-state index in [1.54, 1.807) is 0 Å². The lowest BCUT2D eigenvalue weighted by atomic mass is 9.92. The first kappa shape index (κ1) is 21.4. The van der Waals surface area contributed by atoms with E-state index in [0.29, 0.717) is 13.0 Å². The van der Waals surface area contributed by atoms with E-state index in [0.717, 1.165) is 6.42 Å². The highest BCUT2D eigenvalue weighted by Gasteiger charge is 2.40. The van der Waals surface area contributed by atoms with Crippen LogP contribution in [0.5, 0.6) is 0 Å². The van der Waals surface area contributed by atoms with Crippen LogP contribution in [0.1, 0.15) is 40.5 Å². The van der Waals surface area contributed by atoms with E-state index < -0.39 is 13.9 Å². The summed E-state index contributed by atoms with van der Waals surface area (Å²) in [5.41, 5.74) is -0.314. The smallest absolute Gasteiger partial charge is 0.381 e. The van der Waals surface area contributed by atoms with E-state index in [1.165, 1.54) is 0 Å². The minimum Gasteiger partial charge on any atom is -0.381 e. The van der Waals surface area contributed by atoms with E-state index in [-0.39, 0.29) is 42.3 Å². The van der Waals surface area contributed by atoms with E-state index in [4.69, 9.17) is 23.3 Å². The summed E-state index contributed by atoms with van der Waals surface area (Å²) >= 11 is 0. The van der Waals surface area contributed by atoms with Crippen LogP contribution in [-0.4, -0.2) is 69.7 Å². The lowest BCUT2D eigenvalue weighted by Gasteiger charge is -2.26. The lowest BCUT2D eigenvalue weighted by molar-refractivity contribution is -0.0809. The van der Waals surface area contributed by atoms with Crippen molar-refractivity contribution in [3.63, 3.8) is 0 Å². The fraction of sp³-hybridized carbons (Fsp3) is 1.00. The van der Waals surface area contributed by atoms with Crippen LogP contribution in [0.2, 0.25) is 0 Å². The van der Waals surface area contributed by atoms with Gasteiger partial charge in [-0.15, -0.1) is 0 Å². The summed E-state index contributed by atoms with van der Waals surface area (Å²) in [6.45, 7) is 8.25. The standard InChI is InChI=1S/C15H31B2O7P/c1-9-5-13(16)22-11(9)8-21-25(18,19)24-10-6-14(17)23-12(10)7-20-15(2,3)4/h9-14H,5-8,16-17H2,1-4H3,(H,18,19)/t9?,10?,11-,12-,13-,14-/m1/s1. The Morgan fingerprint density at radius 1 is 1.12 bits per heavy atom. The second-order valence-electron chi connectivity index (χ2n) is 8.25. The average molecular weight is 376 g/mol. The van der Waals surface area contributed by atoms with Gasteiger partial charge in [-0.1, -0.05) is 6.92 Å². The van der Waals surface area contributed by atoms with Gasteiger partial charge in [-0.25, -0.2) is 4.57 Å². The number of hydrogen-bond acceptors (Lipinski definition) is 6. The molecule has 2 aliphatic heterocycles. The summed E-state index contributed by atoms with van der Waals surface area (Å²) in [5, 5.41) is 0. The summed E-state index contributed by atoms with van der Waals surface area (Å²) in [6.07, 6.45) is 0.344. The Balaban J connectivity index is 1.85. The monoisotopic (exact) mass is 376 g/mol. The van der Waals surface area contributed by atoms with Crippen LogP contribution in [0, 0.1) is 5.92 Å². The number of phosphoric acid groups is 1. The van der Waals surface area contributed by atoms with Crippen LogP contribution in [0.15, 0.2) is 0 Å². The van der Waals surface area contributed by atoms with Gasteiger partial charge in [0.15, 0.2) is 0 Å². The molecule has 7 nitrogen and oxygen atoms in total. The topological polar surface area (TPSA) is 83.5 Å². The molecular weight excluding hydrogens is 345 g/mol. The van der Waals surface area contributed by atoms with Gasteiger partial charge >= 0.3 is 7.82 Å². The first-order valence-corrected chi connectivity index (χ1v) is 10.6. The maximum Gasteiger partial charge on any atom is 0.472 e. The van der Waals surface area contributed by atoms with Gasteiger partial charge in [0, 0.05) is 12.0 Å². The van der Waals surface area contributed by atoms with Crippen LogP contribution in [0.25, 0.3) is 0 Å². The maximum atomic E-state index is 12.3. The molecule has 2 saturated heterocycles. The molecule has 2 fully saturated rings. The van der Waals surface area contributed by atoms with Crippen molar-refractivity contribution in [2.24, 2.45) is 5.92 Å². The molecule has 0 amide bonds. The average Bonchev–Trinajstić information content (AvgIpc) is 2.95. The molecular formula is C15H31B2O7P. The zero-order chi connectivity index (χ0) is 18.8. The zero-order valence-electron chi connectivity index (χ0n) is 16.1. The lowest BCUT2D eigenvalue weighted by Crippen LogP contribution is -2.33. The van der Waals surface area contributed by atoms with Crippen molar-refractivity contribution in [3.8, 4) is 0 Å². The highest BCUT2D eigenvalue weighted by atomic mass is 31.2. The molecule has 2 rings (SSSR count). The molecule has 0 aromatic heterocycles. The second kappa shape index (κ2) is 8.42. The maximum absolute atomic E-state index is 12.3. The van der Waals surface area contributed by atoms with Crippen molar-refractivity contribution in [3.05, 3.63) is 0 Å². The third-order valence-electron chi connectivity index (χ3n) is 4.48. The largest absolute Gasteiger partial charge is 0.472 e. The molecule has 0 aromatic carbocycles. The van der Waals surface area contributed by atoms with Crippen molar-refractivity contribution in [1.82, 2.24) is 0 Å². The van der Waals surface area contributed by atoms with Gasteiger partial charge in [-0.05, 0) is 39.5 Å². The molecule has 0 bridgehead atoms. The molecule has 0 spiro atoms. The van der Waals surface area contributed by atoms with Gasteiger partial charge in [-0.2, -0.15) is 0 Å². The Kier molecular flexibility index (Phi) is 7.22. The first-order chi connectivity index (χ1) is 11.5. The van der Waals surface area contributed by atoms with E-state index in [9.17, 15) is 9.46 Å².